The van der Waals surface area contributed by atoms with Crippen molar-refractivity contribution in [2.75, 3.05) is 7.11 Å². The number of hydrogen-bond donors (Lipinski definition) is 0. The van der Waals surface area contributed by atoms with Gasteiger partial charge in [-0.1, -0.05) is 48.5 Å². The summed E-state index contributed by atoms with van der Waals surface area (Å²) < 4.78 is 14.2. The van der Waals surface area contributed by atoms with E-state index in [0.717, 1.165) is 38.8 Å². The highest BCUT2D eigenvalue weighted by Crippen LogP contribution is 2.44. The minimum absolute atomic E-state index is 0.833. The largest absolute Gasteiger partial charge is 0.497 e. The minimum atomic E-state index is 0.833. The quantitative estimate of drug-likeness (QED) is 0.328. The number of fused-ring (bicyclic) bond motifs is 6. The van der Waals surface area contributed by atoms with Crippen LogP contribution in [-0.2, 0) is 7.05 Å². The molecule has 0 unspecified atom stereocenters. The van der Waals surface area contributed by atoms with E-state index < -0.39 is 0 Å². The van der Waals surface area contributed by atoms with Crippen molar-refractivity contribution < 1.29 is 9.15 Å². The monoisotopic (exact) mass is 377 g/mol. The first-order chi connectivity index (χ1) is 14.3. The van der Waals surface area contributed by atoms with Crippen molar-refractivity contribution in [3.8, 4) is 16.9 Å². The predicted octanol–water partition coefficient (Wildman–Crippen LogP) is 6.91. The molecule has 0 atom stereocenters. The van der Waals surface area contributed by atoms with Gasteiger partial charge in [0.15, 0.2) is 0 Å². The number of methoxy groups -OCH3 is 1. The molecule has 0 aliphatic rings. The Balaban J connectivity index is 1.90. The average Bonchev–Trinajstić information content (AvgIpc) is 3.28. The summed E-state index contributed by atoms with van der Waals surface area (Å²) in [5.74, 6) is 0.833. The van der Waals surface area contributed by atoms with Crippen molar-refractivity contribution in [1.29, 1.82) is 0 Å². The average molecular weight is 377 g/mol. The van der Waals surface area contributed by atoms with Crippen LogP contribution in [0.25, 0.3) is 54.9 Å². The van der Waals surface area contributed by atoms with Crippen LogP contribution in [0.15, 0.2) is 83.3 Å². The Hall–Kier alpha value is -3.72. The van der Waals surface area contributed by atoms with Crippen LogP contribution in [0.4, 0.5) is 0 Å². The summed E-state index contributed by atoms with van der Waals surface area (Å²) in [4.78, 5) is 0. The van der Waals surface area contributed by atoms with Crippen LogP contribution in [0.3, 0.4) is 0 Å². The molecule has 3 heteroatoms. The third-order valence-corrected chi connectivity index (χ3v) is 5.89. The first-order valence-electron chi connectivity index (χ1n) is 9.72. The molecule has 0 spiro atoms. The lowest BCUT2D eigenvalue weighted by atomic mass is 9.98. The first kappa shape index (κ1) is 16.3. The molecule has 0 saturated carbocycles. The topological polar surface area (TPSA) is 27.3 Å². The Morgan fingerprint density at radius 1 is 0.759 bits per heavy atom. The fraction of sp³-hybridized carbons (Fsp3) is 0.0769. The van der Waals surface area contributed by atoms with Gasteiger partial charge in [-0.15, -0.1) is 0 Å². The summed E-state index contributed by atoms with van der Waals surface area (Å²) in [6.45, 7) is 0. The standard InChI is InChI=1S/C26H19NO2/c1-27-22-11-7-6-10-18(22)20-15-21-19-14-17(28-2)12-13-23(19)29-26(21)24(25(20)27)16-8-4-3-5-9-16/h3-15H,1-2H3. The Morgan fingerprint density at radius 2 is 1.55 bits per heavy atom. The highest BCUT2D eigenvalue weighted by Gasteiger charge is 2.21. The molecular weight excluding hydrogens is 358 g/mol. The second-order valence-electron chi connectivity index (χ2n) is 7.43. The van der Waals surface area contributed by atoms with E-state index in [1.807, 2.05) is 18.2 Å². The number of furan rings is 1. The number of benzene rings is 4. The summed E-state index contributed by atoms with van der Waals surface area (Å²) in [5, 5.41) is 4.68. The molecule has 0 radical (unpaired) electrons. The SMILES string of the molecule is COc1ccc2oc3c(-c4ccccc4)c4c(cc3c2c1)c1ccccc1n4C. The molecule has 0 aliphatic carbocycles. The van der Waals surface area contributed by atoms with Crippen molar-refractivity contribution in [1.82, 2.24) is 4.57 Å². The number of rotatable bonds is 2. The zero-order valence-electron chi connectivity index (χ0n) is 16.3. The molecule has 0 bridgehead atoms. The second-order valence-corrected chi connectivity index (χ2v) is 7.43. The summed E-state index contributed by atoms with van der Waals surface area (Å²) in [6, 6.07) is 27.3. The van der Waals surface area contributed by atoms with E-state index in [0.29, 0.717) is 0 Å². The lowest BCUT2D eigenvalue weighted by Crippen LogP contribution is -1.90. The fourth-order valence-electron chi connectivity index (χ4n) is 4.55. The molecule has 2 aromatic heterocycles. The van der Waals surface area contributed by atoms with E-state index in [1.165, 1.54) is 21.8 Å². The van der Waals surface area contributed by atoms with E-state index in [-0.39, 0.29) is 0 Å². The van der Waals surface area contributed by atoms with Gasteiger partial charge in [-0.2, -0.15) is 0 Å². The van der Waals surface area contributed by atoms with Gasteiger partial charge in [0.2, 0.25) is 0 Å². The molecule has 4 aromatic carbocycles. The van der Waals surface area contributed by atoms with Crippen molar-refractivity contribution >= 4 is 43.7 Å². The summed E-state index contributed by atoms with van der Waals surface area (Å²) in [5.41, 5.74) is 6.48. The van der Waals surface area contributed by atoms with E-state index >= 15 is 0 Å². The number of hydrogen-bond acceptors (Lipinski definition) is 2. The fourth-order valence-corrected chi connectivity index (χ4v) is 4.55. The van der Waals surface area contributed by atoms with Gasteiger partial charge in [-0.3, -0.25) is 0 Å². The lowest BCUT2D eigenvalue weighted by molar-refractivity contribution is 0.415. The lowest BCUT2D eigenvalue weighted by Gasteiger charge is -2.08. The minimum Gasteiger partial charge on any atom is -0.497 e. The van der Waals surface area contributed by atoms with Gasteiger partial charge in [0.05, 0.1) is 12.6 Å². The maximum absolute atomic E-state index is 6.43. The zero-order chi connectivity index (χ0) is 19.5. The van der Waals surface area contributed by atoms with Gasteiger partial charge in [0.25, 0.3) is 0 Å². The zero-order valence-corrected chi connectivity index (χ0v) is 16.3. The normalized spacial score (nSPS) is 11.8. The number of ether oxygens (including phenoxy) is 1. The number of para-hydroxylation sites is 1. The molecule has 0 fully saturated rings. The third-order valence-electron chi connectivity index (χ3n) is 5.89. The highest BCUT2D eigenvalue weighted by atomic mass is 16.5. The van der Waals surface area contributed by atoms with Crippen LogP contribution in [0.2, 0.25) is 0 Å². The van der Waals surface area contributed by atoms with Crippen molar-refractivity contribution in [2.24, 2.45) is 7.05 Å². The Labute approximate surface area is 167 Å². The Kier molecular flexibility index (Phi) is 3.30. The smallest absolute Gasteiger partial charge is 0.145 e. The van der Waals surface area contributed by atoms with Crippen LogP contribution in [0, 0.1) is 0 Å². The maximum Gasteiger partial charge on any atom is 0.145 e. The van der Waals surface area contributed by atoms with E-state index in [2.05, 4.69) is 72.3 Å². The molecule has 0 saturated heterocycles. The molecule has 2 heterocycles. The molecule has 3 nitrogen and oxygen atoms in total. The van der Waals surface area contributed by atoms with E-state index in [1.54, 1.807) is 7.11 Å². The Bertz CT molecular complexity index is 1540. The summed E-state index contributed by atoms with van der Waals surface area (Å²) >= 11 is 0. The van der Waals surface area contributed by atoms with E-state index in [4.69, 9.17) is 9.15 Å². The molecule has 29 heavy (non-hydrogen) atoms. The van der Waals surface area contributed by atoms with Crippen LogP contribution < -0.4 is 4.74 Å². The van der Waals surface area contributed by atoms with Crippen molar-refractivity contribution in [3.63, 3.8) is 0 Å². The Morgan fingerprint density at radius 3 is 2.38 bits per heavy atom. The summed E-state index contributed by atoms with van der Waals surface area (Å²) in [6.07, 6.45) is 0. The van der Waals surface area contributed by atoms with Crippen molar-refractivity contribution in [2.45, 2.75) is 0 Å². The first-order valence-corrected chi connectivity index (χ1v) is 9.72. The van der Waals surface area contributed by atoms with E-state index in [9.17, 15) is 0 Å². The molecule has 6 rings (SSSR count). The number of aryl methyl sites for hydroxylation is 1. The molecule has 0 N–H and O–H groups in total. The van der Waals surface area contributed by atoms with Gasteiger partial charge in [0.1, 0.15) is 16.9 Å². The number of aromatic nitrogens is 1. The maximum atomic E-state index is 6.43. The van der Waals surface area contributed by atoms with Gasteiger partial charge < -0.3 is 13.7 Å². The van der Waals surface area contributed by atoms with Crippen molar-refractivity contribution in [3.05, 3.63) is 78.9 Å². The molecule has 0 aliphatic heterocycles. The number of nitrogens with zero attached hydrogens (tertiary/aromatic N) is 1. The highest BCUT2D eigenvalue weighted by molar-refractivity contribution is 6.23. The second kappa shape index (κ2) is 5.89. The van der Waals surface area contributed by atoms with Crippen LogP contribution in [-0.4, -0.2) is 11.7 Å². The summed E-state index contributed by atoms with van der Waals surface area (Å²) in [7, 11) is 3.83. The molecule has 140 valence electrons. The van der Waals surface area contributed by atoms with Gasteiger partial charge in [-0.05, 0) is 35.9 Å². The van der Waals surface area contributed by atoms with Gasteiger partial charge >= 0.3 is 0 Å². The predicted molar refractivity (Wildman–Crippen MR) is 120 cm³/mol. The van der Waals surface area contributed by atoms with Crippen LogP contribution in [0.5, 0.6) is 5.75 Å². The molecular formula is C26H19NO2. The van der Waals surface area contributed by atoms with Crippen LogP contribution >= 0.6 is 0 Å². The van der Waals surface area contributed by atoms with Gasteiger partial charge in [0, 0.05) is 39.7 Å². The van der Waals surface area contributed by atoms with Gasteiger partial charge in [-0.25, -0.2) is 0 Å². The third kappa shape index (κ3) is 2.18. The van der Waals surface area contributed by atoms with Crippen LogP contribution in [0.1, 0.15) is 0 Å². The molecule has 0 amide bonds. The molecule has 6 aromatic rings.